The van der Waals surface area contributed by atoms with Gasteiger partial charge in [-0.1, -0.05) is 123 Å². The van der Waals surface area contributed by atoms with Crippen LogP contribution in [-0.2, 0) is 17.6 Å². The van der Waals surface area contributed by atoms with Crippen LogP contribution in [0.2, 0.25) is 0 Å². The van der Waals surface area contributed by atoms with E-state index in [9.17, 15) is 14.4 Å². The number of aromatic nitrogens is 2. The molecule has 2 fully saturated rings. The number of Topliss-reactive ketones (excluding diaryl/α,β-unsaturated/α-hetero) is 1. The van der Waals surface area contributed by atoms with Crippen molar-refractivity contribution in [3.8, 4) is 21.1 Å². The monoisotopic (exact) mass is 806 g/mol. The average Bonchev–Trinajstić information content (AvgIpc) is 3.98. The van der Waals surface area contributed by atoms with Crippen molar-refractivity contribution in [3.63, 3.8) is 0 Å². The van der Waals surface area contributed by atoms with Crippen molar-refractivity contribution >= 4 is 40.3 Å². The molecule has 0 bridgehead atoms. The van der Waals surface area contributed by atoms with Gasteiger partial charge in [0.15, 0.2) is 0 Å². The second-order valence-electron chi connectivity index (χ2n) is 16.0. The maximum absolute atomic E-state index is 14.4. The molecule has 7 nitrogen and oxygen atoms in total. The highest BCUT2D eigenvalue weighted by Crippen LogP contribution is 2.38. The largest absolute Gasteiger partial charge is 0.337 e. The zero-order valence-corrected chi connectivity index (χ0v) is 34.9. The zero-order valence-electron chi connectivity index (χ0n) is 33.3. The molecule has 0 saturated carbocycles. The van der Waals surface area contributed by atoms with Crippen LogP contribution in [0.15, 0.2) is 120 Å². The molecule has 6 aromatic rings. The topological polar surface area (TPSA) is 83.5 Å². The highest BCUT2D eigenvalue weighted by atomic mass is 32.1. The van der Waals surface area contributed by atoms with Crippen molar-refractivity contribution < 1.29 is 14.4 Å². The number of carbonyl (C=O) groups is 3. The summed E-state index contributed by atoms with van der Waals surface area (Å²) in [5.74, 6) is 0.0204. The van der Waals surface area contributed by atoms with E-state index in [0.717, 1.165) is 97.0 Å². The molecule has 0 N–H and O–H groups in total. The second-order valence-corrected chi connectivity index (χ2v) is 17.7. The minimum atomic E-state index is -0.431. The highest BCUT2D eigenvalue weighted by Gasteiger charge is 2.31. The molecule has 2 amide bonds. The van der Waals surface area contributed by atoms with Crippen LogP contribution in [0, 0.1) is 11.8 Å². The molecule has 8 rings (SSSR count). The van der Waals surface area contributed by atoms with Gasteiger partial charge in [0.05, 0.1) is 0 Å². The van der Waals surface area contributed by atoms with Gasteiger partial charge in [-0.2, -0.15) is 0 Å². The molecule has 2 aromatic heterocycles. The molecule has 4 unspecified atom stereocenters. The van der Waals surface area contributed by atoms with Gasteiger partial charge in [0.1, 0.15) is 27.2 Å². The Balaban J connectivity index is 0.948. The van der Waals surface area contributed by atoms with Crippen LogP contribution in [-0.4, -0.2) is 63.5 Å². The van der Waals surface area contributed by atoms with Gasteiger partial charge < -0.3 is 9.80 Å². The van der Waals surface area contributed by atoms with Crippen molar-refractivity contribution in [1.82, 2.24) is 19.8 Å². The van der Waals surface area contributed by atoms with E-state index in [1.165, 1.54) is 33.8 Å². The second kappa shape index (κ2) is 18.1. The van der Waals surface area contributed by atoms with Crippen molar-refractivity contribution in [2.24, 2.45) is 11.8 Å². The number of hydrogen-bond acceptors (Lipinski definition) is 7. The summed E-state index contributed by atoms with van der Waals surface area (Å²) < 4.78 is 0. The SMILES string of the molecule is CC(C(=O)C(C)c1ccccc1-c1nc(C(=O)N2CCCC(Cc3ccccc3)C2)cs1)c1ccccc1-c1nc(C(=O)N2CCCC(Cc3ccccc3)C2)cs1. The van der Waals surface area contributed by atoms with E-state index in [4.69, 9.17) is 9.97 Å². The predicted octanol–water partition coefficient (Wildman–Crippen LogP) is 10.6. The van der Waals surface area contributed by atoms with Crippen LogP contribution in [0.4, 0.5) is 0 Å². The van der Waals surface area contributed by atoms with E-state index in [0.29, 0.717) is 23.2 Å². The Morgan fingerprint density at radius 1 is 0.586 bits per heavy atom. The van der Waals surface area contributed by atoms with Crippen LogP contribution >= 0.6 is 22.7 Å². The van der Waals surface area contributed by atoms with Crippen molar-refractivity contribution in [1.29, 1.82) is 0 Å². The molecule has 58 heavy (non-hydrogen) atoms. The number of ketones is 1. The Morgan fingerprint density at radius 2 is 0.983 bits per heavy atom. The molecule has 9 heteroatoms. The summed E-state index contributed by atoms with van der Waals surface area (Å²) in [6.45, 7) is 6.87. The maximum Gasteiger partial charge on any atom is 0.273 e. The molecule has 4 heterocycles. The Kier molecular flexibility index (Phi) is 12.4. The molecule has 296 valence electrons. The van der Waals surface area contributed by atoms with Crippen molar-refractivity contribution in [2.75, 3.05) is 26.2 Å². The third-order valence-electron chi connectivity index (χ3n) is 12.0. The lowest BCUT2D eigenvalue weighted by Crippen LogP contribution is -2.40. The third-order valence-corrected chi connectivity index (χ3v) is 13.7. The fourth-order valence-electron chi connectivity index (χ4n) is 8.86. The number of benzene rings is 4. The number of carbonyl (C=O) groups excluding carboxylic acids is 3. The lowest BCUT2D eigenvalue weighted by Gasteiger charge is -2.32. The predicted molar refractivity (Wildman–Crippen MR) is 234 cm³/mol. The molecule has 0 aliphatic carbocycles. The van der Waals surface area contributed by atoms with E-state index in [2.05, 4.69) is 48.5 Å². The summed E-state index contributed by atoms with van der Waals surface area (Å²) in [5, 5.41) is 5.21. The lowest BCUT2D eigenvalue weighted by atomic mass is 9.83. The van der Waals surface area contributed by atoms with Crippen LogP contribution in [0.25, 0.3) is 21.1 Å². The van der Waals surface area contributed by atoms with E-state index in [1.54, 1.807) is 0 Å². The van der Waals surface area contributed by atoms with E-state index >= 15 is 0 Å². The van der Waals surface area contributed by atoms with Gasteiger partial charge in [-0.3, -0.25) is 14.4 Å². The summed E-state index contributed by atoms with van der Waals surface area (Å²) in [4.78, 5) is 55.6. The Hall–Kier alpha value is -5.25. The summed E-state index contributed by atoms with van der Waals surface area (Å²) in [7, 11) is 0. The average molecular weight is 807 g/mol. The Morgan fingerprint density at radius 3 is 1.41 bits per heavy atom. The van der Waals surface area contributed by atoms with Crippen molar-refractivity contribution in [3.05, 3.63) is 154 Å². The smallest absolute Gasteiger partial charge is 0.273 e. The number of hydrogen-bond donors (Lipinski definition) is 0. The number of likely N-dealkylation sites (tertiary alicyclic amines) is 2. The number of thiazole rings is 2. The summed E-state index contributed by atoms with van der Waals surface area (Å²) >= 11 is 2.91. The molecule has 4 aromatic carbocycles. The summed E-state index contributed by atoms with van der Waals surface area (Å²) in [6.07, 6.45) is 6.13. The molecule has 0 radical (unpaired) electrons. The van der Waals surface area contributed by atoms with Crippen LogP contribution in [0.5, 0.6) is 0 Å². The first kappa shape index (κ1) is 39.6. The first-order valence-electron chi connectivity index (χ1n) is 20.6. The molecular formula is C49H50N4O3S2. The van der Waals surface area contributed by atoms with Crippen molar-refractivity contribution in [2.45, 2.75) is 64.2 Å². The lowest BCUT2D eigenvalue weighted by molar-refractivity contribution is -0.121. The number of rotatable bonds is 12. The number of nitrogens with zero attached hydrogens (tertiary/aromatic N) is 4. The van der Waals surface area contributed by atoms with Gasteiger partial charge in [0, 0.05) is 59.9 Å². The molecular weight excluding hydrogens is 757 g/mol. The van der Waals surface area contributed by atoms with Gasteiger partial charge in [0.25, 0.3) is 11.8 Å². The minimum Gasteiger partial charge on any atom is -0.337 e. The van der Waals surface area contributed by atoms with Gasteiger partial charge in [0.2, 0.25) is 0 Å². The Bertz CT molecular complexity index is 2190. The zero-order chi connectivity index (χ0) is 40.0. The fraction of sp³-hybridized carbons (Fsp3) is 0.327. The summed E-state index contributed by atoms with van der Waals surface area (Å²) in [5.41, 5.74) is 7.07. The number of piperidine rings is 2. The molecule has 4 atom stereocenters. The normalized spacial score (nSPS) is 18.1. The molecule has 0 spiro atoms. The quantitative estimate of drug-likeness (QED) is 0.123. The van der Waals surface area contributed by atoms with E-state index < -0.39 is 11.8 Å². The highest BCUT2D eigenvalue weighted by molar-refractivity contribution is 7.13. The van der Waals surface area contributed by atoms with Gasteiger partial charge in [-0.05, 0) is 72.6 Å². The molecule has 2 aliphatic rings. The van der Waals surface area contributed by atoms with Gasteiger partial charge >= 0.3 is 0 Å². The standard InChI is InChI=1S/C49H50N4O3S2/c1-33(39-21-9-11-23-41(39)46-50-43(31-57-46)48(55)52-25-13-19-37(29-52)27-35-15-5-3-6-16-35)45(54)34(2)40-22-10-12-24-42(40)47-51-44(32-58-47)49(56)53-26-14-20-38(30-53)28-36-17-7-4-8-18-36/h3-12,15-18,21-24,31-34,37-38H,13-14,19-20,25-30H2,1-2H3. The van der Waals surface area contributed by atoms with E-state index in [-0.39, 0.29) is 17.6 Å². The fourth-order valence-corrected chi connectivity index (χ4v) is 10.5. The van der Waals surface area contributed by atoms with Crippen LogP contribution in [0.1, 0.15) is 94.6 Å². The molecule has 2 aliphatic heterocycles. The number of amides is 2. The minimum absolute atomic E-state index is 0.0256. The maximum atomic E-state index is 14.4. The first-order chi connectivity index (χ1) is 28.3. The van der Waals surface area contributed by atoms with Gasteiger partial charge in [-0.15, -0.1) is 22.7 Å². The Labute approximate surface area is 349 Å². The third kappa shape index (κ3) is 8.91. The van der Waals surface area contributed by atoms with Crippen LogP contribution in [0.3, 0.4) is 0 Å². The van der Waals surface area contributed by atoms with E-state index in [1.807, 2.05) is 95.1 Å². The molecule has 2 saturated heterocycles. The summed E-state index contributed by atoms with van der Waals surface area (Å²) in [6, 6.07) is 36.9. The van der Waals surface area contributed by atoms with Crippen LogP contribution < -0.4 is 0 Å². The first-order valence-corrected chi connectivity index (χ1v) is 22.4. The van der Waals surface area contributed by atoms with Gasteiger partial charge in [-0.25, -0.2) is 9.97 Å².